The fraction of sp³-hybridized carbons (Fsp3) is 0.417. The first-order valence-corrected chi connectivity index (χ1v) is 5.16. The summed E-state index contributed by atoms with van der Waals surface area (Å²) in [5, 5.41) is 0. The van der Waals surface area contributed by atoms with Crippen LogP contribution in [0.4, 0.5) is 13.2 Å². The van der Waals surface area contributed by atoms with Gasteiger partial charge in [-0.3, -0.25) is 0 Å². The fourth-order valence-corrected chi connectivity index (χ4v) is 1.82. The molecule has 0 atom stereocenters. The third-order valence-corrected chi connectivity index (χ3v) is 2.76. The lowest BCUT2D eigenvalue weighted by atomic mass is 9.99. The Kier molecular flexibility index (Phi) is 2.74. The molecule has 0 aromatic heterocycles. The van der Waals surface area contributed by atoms with Gasteiger partial charge in [0.05, 0.1) is 5.56 Å². The minimum Gasteiger partial charge on any atom is -0.303 e. The molecule has 0 spiro atoms. The molecular weight excluding hydrogens is 217 g/mol. The zero-order valence-corrected chi connectivity index (χ0v) is 8.55. The van der Waals surface area contributed by atoms with Crippen LogP contribution in [-0.2, 0) is 17.4 Å². The molecule has 16 heavy (non-hydrogen) atoms. The van der Waals surface area contributed by atoms with E-state index in [2.05, 4.69) is 0 Å². The minimum atomic E-state index is -4.32. The Labute approximate surface area is 91.3 Å². The number of hydrogen-bond acceptors (Lipinski definition) is 1. The maximum Gasteiger partial charge on any atom is 0.416 e. The van der Waals surface area contributed by atoms with Gasteiger partial charge in [0.25, 0.3) is 0 Å². The molecule has 0 heterocycles. The zero-order valence-electron chi connectivity index (χ0n) is 8.55. The lowest BCUT2D eigenvalue weighted by Gasteiger charge is -2.13. The van der Waals surface area contributed by atoms with Crippen molar-refractivity contribution in [3.8, 4) is 0 Å². The van der Waals surface area contributed by atoms with E-state index in [0.29, 0.717) is 17.4 Å². The van der Waals surface area contributed by atoms with Crippen LogP contribution < -0.4 is 0 Å². The van der Waals surface area contributed by atoms with Crippen LogP contribution in [0, 0.1) is 0 Å². The van der Waals surface area contributed by atoms with Crippen molar-refractivity contribution in [3.05, 3.63) is 34.9 Å². The van der Waals surface area contributed by atoms with Crippen molar-refractivity contribution in [2.24, 2.45) is 0 Å². The molecule has 1 nitrogen and oxygen atoms in total. The summed E-state index contributed by atoms with van der Waals surface area (Å²) in [6.45, 7) is 0. The van der Waals surface area contributed by atoms with E-state index in [1.54, 1.807) is 6.07 Å². The summed E-state index contributed by atoms with van der Waals surface area (Å²) in [6.07, 6.45) is -2.01. The average Bonchev–Trinajstić information content (AvgIpc) is 3.00. The summed E-state index contributed by atoms with van der Waals surface area (Å²) in [7, 11) is 0. The molecule has 4 heteroatoms. The van der Waals surface area contributed by atoms with Gasteiger partial charge in [0.15, 0.2) is 0 Å². The normalized spacial score (nSPS) is 16.2. The van der Waals surface area contributed by atoms with E-state index in [9.17, 15) is 18.0 Å². The van der Waals surface area contributed by atoms with Gasteiger partial charge >= 0.3 is 6.18 Å². The highest BCUT2D eigenvalue weighted by Gasteiger charge is 2.38. The second kappa shape index (κ2) is 3.92. The number of alkyl halides is 3. The molecule has 0 saturated heterocycles. The summed E-state index contributed by atoms with van der Waals surface area (Å²) in [5.41, 5.74) is 0.225. The molecule has 1 aromatic rings. The van der Waals surface area contributed by atoms with Gasteiger partial charge in [0.1, 0.15) is 6.29 Å². The highest BCUT2D eigenvalue weighted by Crippen LogP contribution is 2.46. The maximum absolute atomic E-state index is 12.8. The standard InChI is InChI=1S/C12H11F3O/c13-12(14,15)11-7-8(5-6-16)1-4-10(11)9-2-3-9/h1,4,6-7,9H,2-3,5H2. The van der Waals surface area contributed by atoms with Crippen LogP contribution in [0.3, 0.4) is 0 Å². The quantitative estimate of drug-likeness (QED) is 0.725. The monoisotopic (exact) mass is 228 g/mol. The Hall–Kier alpha value is -1.32. The van der Waals surface area contributed by atoms with E-state index in [-0.39, 0.29) is 12.3 Å². The Balaban J connectivity index is 2.42. The van der Waals surface area contributed by atoms with Crippen LogP contribution >= 0.6 is 0 Å². The zero-order chi connectivity index (χ0) is 11.8. The largest absolute Gasteiger partial charge is 0.416 e. The Morgan fingerprint density at radius 1 is 1.31 bits per heavy atom. The van der Waals surface area contributed by atoms with Crippen LogP contribution in [0.1, 0.15) is 35.4 Å². The van der Waals surface area contributed by atoms with Crippen molar-refractivity contribution in [2.45, 2.75) is 31.4 Å². The molecule has 0 aliphatic heterocycles. The predicted octanol–water partition coefficient (Wildman–Crippen LogP) is 3.32. The average molecular weight is 228 g/mol. The molecule has 1 saturated carbocycles. The van der Waals surface area contributed by atoms with Gasteiger partial charge < -0.3 is 4.79 Å². The van der Waals surface area contributed by atoms with E-state index < -0.39 is 11.7 Å². The van der Waals surface area contributed by atoms with Gasteiger partial charge in [-0.1, -0.05) is 12.1 Å². The topological polar surface area (TPSA) is 17.1 Å². The first kappa shape index (κ1) is 11.2. The highest BCUT2D eigenvalue weighted by atomic mass is 19.4. The van der Waals surface area contributed by atoms with E-state index in [4.69, 9.17) is 0 Å². The third kappa shape index (κ3) is 2.26. The molecular formula is C12H11F3O. The summed E-state index contributed by atoms with van der Waals surface area (Å²) < 4.78 is 38.3. The molecule has 2 rings (SSSR count). The minimum absolute atomic E-state index is 0.0357. The Morgan fingerprint density at radius 3 is 2.50 bits per heavy atom. The van der Waals surface area contributed by atoms with E-state index in [1.165, 1.54) is 6.07 Å². The van der Waals surface area contributed by atoms with Crippen LogP contribution in [-0.4, -0.2) is 6.29 Å². The van der Waals surface area contributed by atoms with Crippen LogP contribution in [0.15, 0.2) is 18.2 Å². The van der Waals surface area contributed by atoms with Gasteiger partial charge in [0, 0.05) is 6.42 Å². The second-order valence-electron chi connectivity index (χ2n) is 4.06. The van der Waals surface area contributed by atoms with Crippen LogP contribution in [0.5, 0.6) is 0 Å². The molecule has 0 amide bonds. The number of hydrogen-bond donors (Lipinski definition) is 0. The molecule has 0 unspecified atom stereocenters. The highest BCUT2D eigenvalue weighted by molar-refractivity contribution is 5.56. The second-order valence-corrected chi connectivity index (χ2v) is 4.06. The first-order valence-electron chi connectivity index (χ1n) is 5.16. The summed E-state index contributed by atoms with van der Waals surface area (Å²) >= 11 is 0. The van der Waals surface area contributed by atoms with Crippen LogP contribution in [0.25, 0.3) is 0 Å². The molecule has 86 valence electrons. The number of aldehydes is 1. The van der Waals surface area contributed by atoms with Crippen molar-refractivity contribution >= 4 is 6.29 Å². The SMILES string of the molecule is O=CCc1ccc(C2CC2)c(C(F)(F)F)c1. The van der Waals surface area contributed by atoms with Crippen molar-refractivity contribution < 1.29 is 18.0 Å². The molecule has 0 bridgehead atoms. The molecule has 1 aliphatic carbocycles. The van der Waals surface area contributed by atoms with E-state index in [0.717, 1.165) is 18.9 Å². The molecule has 0 radical (unpaired) electrons. The van der Waals surface area contributed by atoms with Crippen molar-refractivity contribution in [3.63, 3.8) is 0 Å². The molecule has 1 fully saturated rings. The van der Waals surface area contributed by atoms with Gasteiger partial charge in [0.2, 0.25) is 0 Å². The first-order chi connectivity index (χ1) is 7.52. The molecule has 1 aliphatic rings. The number of halogens is 3. The van der Waals surface area contributed by atoms with Crippen molar-refractivity contribution in [2.75, 3.05) is 0 Å². The van der Waals surface area contributed by atoms with E-state index >= 15 is 0 Å². The number of carbonyl (C=O) groups excluding carboxylic acids is 1. The van der Waals surface area contributed by atoms with Gasteiger partial charge in [-0.15, -0.1) is 0 Å². The van der Waals surface area contributed by atoms with Gasteiger partial charge in [-0.05, 0) is 36.0 Å². The smallest absolute Gasteiger partial charge is 0.303 e. The summed E-state index contributed by atoms with van der Waals surface area (Å²) in [6, 6.07) is 4.22. The number of rotatable bonds is 3. The summed E-state index contributed by atoms with van der Waals surface area (Å²) in [5.74, 6) is 0.0573. The third-order valence-electron chi connectivity index (χ3n) is 2.76. The lowest BCUT2D eigenvalue weighted by Crippen LogP contribution is -2.09. The van der Waals surface area contributed by atoms with Gasteiger partial charge in [-0.2, -0.15) is 13.2 Å². The van der Waals surface area contributed by atoms with Gasteiger partial charge in [-0.25, -0.2) is 0 Å². The van der Waals surface area contributed by atoms with E-state index in [1.807, 2.05) is 0 Å². The van der Waals surface area contributed by atoms with Crippen LogP contribution in [0.2, 0.25) is 0 Å². The lowest BCUT2D eigenvalue weighted by molar-refractivity contribution is -0.138. The molecule has 0 N–H and O–H groups in total. The maximum atomic E-state index is 12.8. The number of carbonyl (C=O) groups is 1. The number of benzene rings is 1. The van der Waals surface area contributed by atoms with Crippen molar-refractivity contribution in [1.82, 2.24) is 0 Å². The Bertz CT molecular complexity index is 405. The molecule has 1 aromatic carbocycles. The fourth-order valence-electron chi connectivity index (χ4n) is 1.82. The Morgan fingerprint density at radius 2 is 2.00 bits per heavy atom. The summed E-state index contributed by atoms with van der Waals surface area (Å²) in [4.78, 5) is 10.3. The predicted molar refractivity (Wildman–Crippen MR) is 53.2 cm³/mol. The van der Waals surface area contributed by atoms with Crippen molar-refractivity contribution in [1.29, 1.82) is 0 Å².